The number of rotatable bonds is 2. The Morgan fingerprint density at radius 3 is 2.31 bits per heavy atom. The van der Waals surface area contributed by atoms with E-state index in [0.29, 0.717) is 0 Å². The van der Waals surface area contributed by atoms with E-state index < -0.39 is 0 Å². The molecule has 0 bridgehead atoms. The molecule has 0 aliphatic heterocycles. The molecule has 0 atom stereocenters. The summed E-state index contributed by atoms with van der Waals surface area (Å²) in [6, 6.07) is 24.7. The lowest BCUT2D eigenvalue weighted by Gasteiger charge is -2.05. The molecule has 0 unspecified atom stereocenters. The van der Waals surface area contributed by atoms with Gasteiger partial charge in [0, 0.05) is 38.1 Å². The van der Waals surface area contributed by atoms with E-state index in [-0.39, 0.29) is 0 Å². The Kier molecular flexibility index (Phi) is 3.57. The van der Waals surface area contributed by atoms with Gasteiger partial charge in [0.25, 0.3) is 0 Å². The molecular weight excluding hydrogens is 386 g/mol. The predicted octanol–water partition coefficient (Wildman–Crippen LogP) is 6.21. The minimum atomic E-state index is 0.758. The number of hydrogen-bond acceptors (Lipinski definition) is 2. The van der Waals surface area contributed by atoms with Crippen LogP contribution in [0.5, 0.6) is 0 Å². The number of aromatic amines is 1. The highest BCUT2D eigenvalue weighted by Crippen LogP contribution is 2.29. The van der Waals surface area contributed by atoms with Crippen LogP contribution in [0.15, 0.2) is 83.5 Å². The van der Waals surface area contributed by atoms with Crippen LogP contribution in [0.2, 0.25) is 0 Å². The molecule has 5 rings (SSSR count). The van der Waals surface area contributed by atoms with Crippen LogP contribution in [-0.4, -0.2) is 15.0 Å². The van der Waals surface area contributed by atoms with E-state index >= 15 is 0 Å². The molecule has 0 spiro atoms. The molecule has 3 aromatic heterocycles. The number of hydrogen-bond donors (Lipinski definition) is 1. The van der Waals surface area contributed by atoms with Crippen molar-refractivity contribution in [1.29, 1.82) is 0 Å². The predicted molar refractivity (Wildman–Crippen MR) is 110 cm³/mol. The highest BCUT2D eigenvalue weighted by atomic mass is 79.9. The van der Waals surface area contributed by atoms with Crippen molar-refractivity contribution in [2.24, 2.45) is 0 Å². The smallest absolute Gasteiger partial charge is 0.160 e. The van der Waals surface area contributed by atoms with Crippen molar-refractivity contribution >= 4 is 37.9 Å². The zero-order valence-corrected chi connectivity index (χ0v) is 15.4. The van der Waals surface area contributed by atoms with Crippen LogP contribution >= 0.6 is 15.9 Å². The maximum atomic E-state index is 4.83. The van der Waals surface area contributed by atoms with Crippen molar-refractivity contribution in [3.8, 4) is 22.5 Å². The molecule has 1 N–H and O–H groups in total. The molecule has 0 saturated carbocycles. The fraction of sp³-hybridized carbons (Fsp3) is 0. The standard InChI is InChI=1S/C22H14BrN3/c23-16-9-5-14(6-10-16)19-11-7-15-8-12-21(26-22(15)25-19)18-13-24-20-4-2-1-3-17(18)20/h1-13,24H. The lowest BCUT2D eigenvalue weighted by Crippen LogP contribution is -1.90. The van der Waals surface area contributed by atoms with Crippen LogP contribution in [0.4, 0.5) is 0 Å². The first-order valence-corrected chi connectivity index (χ1v) is 9.17. The molecule has 0 aliphatic carbocycles. The number of benzene rings is 2. The van der Waals surface area contributed by atoms with Crippen LogP contribution in [0.25, 0.3) is 44.5 Å². The molecule has 0 fully saturated rings. The maximum absolute atomic E-state index is 4.83. The molecule has 3 nitrogen and oxygen atoms in total. The summed E-state index contributed by atoms with van der Waals surface area (Å²) in [5, 5.41) is 2.21. The lowest BCUT2D eigenvalue weighted by atomic mass is 10.1. The molecule has 0 amide bonds. The first kappa shape index (κ1) is 15.3. The zero-order chi connectivity index (χ0) is 17.5. The van der Waals surface area contributed by atoms with Crippen molar-refractivity contribution in [1.82, 2.24) is 15.0 Å². The Bertz CT molecular complexity index is 1240. The number of para-hydroxylation sites is 1. The van der Waals surface area contributed by atoms with Gasteiger partial charge in [0.15, 0.2) is 5.65 Å². The molecule has 26 heavy (non-hydrogen) atoms. The van der Waals surface area contributed by atoms with Gasteiger partial charge in [0.2, 0.25) is 0 Å². The first-order chi connectivity index (χ1) is 12.8. The van der Waals surface area contributed by atoms with E-state index in [1.54, 1.807) is 0 Å². The summed E-state index contributed by atoms with van der Waals surface area (Å²) in [7, 11) is 0. The molecule has 0 aliphatic rings. The van der Waals surface area contributed by atoms with Crippen LogP contribution in [0.3, 0.4) is 0 Å². The summed E-state index contributed by atoms with van der Waals surface area (Å²) in [5.74, 6) is 0. The molecule has 3 heterocycles. The summed E-state index contributed by atoms with van der Waals surface area (Å²) in [6.45, 7) is 0. The van der Waals surface area contributed by atoms with E-state index in [9.17, 15) is 0 Å². The minimum absolute atomic E-state index is 0.758. The molecule has 4 heteroatoms. The fourth-order valence-corrected chi connectivity index (χ4v) is 3.48. The largest absolute Gasteiger partial charge is 0.360 e. The number of nitrogens with zero attached hydrogens (tertiary/aromatic N) is 2. The van der Waals surface area contributed by atoms with Gasteiger partial charge in [-0.25, -0.2) is 9.97 Å². The van der Waals surface area contributed by atoms with Crippen molar-refractivity contribution in [3.63, 3.8) is 0 Å². The topological polar surface area (TPSA) is 41.6 Å². The Labute approximate surface area is 158 Å². The van der Waals surface area contributed by atoms with E-state index in [2.05, 4.69) is 63.4 Å². The van der Waals surface area contributed by atoms with Gasteiger partial charge in [0.1, 0.15) is 0 Å². The third-order valence-electron chi connectivity index (χ3n) is 4.56. The van der Waals surface area contributed by atoms with Gasteiger partial charge in [-0.3, -0.25) is 0 Å². The van der Waals surface area contributed by atoms with E-state index in [1.165, 1.54) is 5.39 Å². The number of H-pyrrole nitrogens is 1. The maximum Gasteiger partial charge on any atom is 0.160 e. The van der Waals surface area contributed by atoms with Gasteiger partial charge in [-0.1, -0.05) is 46.3 Å². The fourth-order valence-electron chi connectivity index (χ4n) is 3.21. The number of aromatic nitrogens is 3. The highest BCUT2D eigenvalue weighted by molar-refractivity contribution is 9.10. The third-order valence-corrected chi connectivity index (χ3v) is 5.09. The van der Waals surface area contributed by atoms with Gasteiger partial charge >= 0.3 is 0 Å². The third kappa shape index (κ3) is 2.59. The first-order valence-electron chi connectivity index (χ1n) is 8.38. The van der Waals surface area contributed by atoms with E-state index in [0.717, 1.165) is 43.5 Å². The Morgan fingerprint density at radius 1 is 0.731 bits per heavy atom. The summed E-state index contributed by atoms with van der Waals surface area (Å²) < 4.78 is 1.06. The number of pyridine rings is 2. The molecular formula is C22H14BrN3. The molecule has 124 valence electrons. The molecule has 5 aromatic rings. The minimum Gasteiger partial charge on any atom is -0.360 e. The quantitative estimate of drug-likeness (QED) is 0.383. The number of nitrogens with one attached hydrogen (secondary N) is 1. The second-order valence-corrected chi connectivity index (χ2v) is 7.11. The van der Waals surface area contributed by atoms with Gasteiger partial charge in [-0.15, -0.1) is 0 Å². The van der Waals surface area contributed by atoms with Crippen molar-refractivity contribution < 1.29 is 0 Å². The number of halogens is 1. The SMILES string of the molecule is Brc1ccc(-c2ccc3ccc(-c4c[nH]c5ccccc45)nc3n2)cc1. The Balaban J connectivity index is 1.65. The molecule has 0 radical (unpaired) electrons. The zero-order valence-electron chi connectivity index (χ0n) is 13.8. The van der Waals surface area contributed by atoms with Gasteiger partial charge in [-0.05, 0) is 42.5 Å². The molecule has 0 saturated heterocycles. The normalized spacial score (nSPS) is 11.3. The van der Waals surface area contributed by atoms with Crippen molar-refractivity contribution in [2.45, 2.75) is 0 Å². The van der Waals surface area contributed by atoms with E-state index in [1.807, 2.05) is 36.5 Å². The molecule has 2 aromatic carbocycles. The van der Waals surface area contributed by atoms with Crippen molar-refractivity contribution in [2.75, 3.05) is 0 Å². The average molecular weight is 400 g/mol. The second-order valence-electron chi connectivity index (χ2n) is 6.19. The Morgan fingerprint density at radius 2 is 1.46 bits per heavy atom. The van der Waals surface area contributed by atoms with Gasteiger partial charge in [-0.2, -0.15) is 0 Å². The van der Waals surface area contributed by atoms with Crippen molar-refractivity contribution in [3.05, 3.63) is 83.5 Å². The Hall–Kier alpha value is -2.98. The summed E-state index contributed by atoms with van der Waals surface area (Å²) in [6.07, 6.45) is 2.01. The number of fused-ring (bicyclic) bond motifs is 2. The van der Waals surface area contributed by atoms with Crippen LogP contribution in [0.1, 0.15) is 0 Å². The van der Waals surface area contributed by atoms with Gasteiger partial charge in [0.05, 0.1) is 11.4 Å². The summed E-state index contributed by atoms with van der Waals surface area (Å²) in [4.78, 5) is 12.9. The average Bonchev–Trinajstić information content (AvgIpc) is 3.12. The van der Waals surface area contributed by atoms with Crippen LogP contribution in [0, 0.1) is 0 Å². The van der Waals surface area contributed by atoms with E-state index in [4.69, 9.17) is 9.97 Å². The monoisotopic (exact) mass is 399 g/mol. The summed E-state index contributed by atoms with van der Waals surface area (Å²) in [5.41, 5.74) is 5.89. The van der Waals surface area contributed by atoms with Crippen LogP contribution in [-0.2, 0) is 0 Å². The second kappa shape index (κ2) is 6.07. The summed E-state index contributed by atoms with van der Waals surface area (Å²) >= 11 is 3.47. The highest BCUT2D eigenvalue weighted by Gasteiger charge is 2.09. The lowest BCUT2D eigenvalue weighted by molar-refractivity contribution is 1.29. The van der Waals surface area contributed by atoms with Gasteiger partial charge < -0.3 is 4.98 Å². The van der Waals surface area contributed by atoms with Crippen LogP contribution < -0.4 is 0 Å².